The summed E-state index contributed by atoms with van der Waals surface area (Å²) in [5, 5.41) is 2.97. The second-order valence-corrected chi connectivity index (χ2v) is 7.41. The Morgan fingerprint density at radius 1 is 1.29 bits per heavy atom. The van der Waals surface area contributed by atoms with Crippen molar-refractivity contribution < 1.29 is 9.53 Å². The third-order valence-corrected chi connectivity index (χ3v) is 4.30. The number of aromatic nitrogens is 2. The quantitative estimate of drug-likeness (QED) is 0.942. The monoisotopic (exact) mass is 327 g/mol. The van der Waals surface area contributed by atoms with Gasteiger partial charge in [-0.05, 0) is 44.9 Å². The number of aryl methyl sites for hydroxylation is 1. The van der Waals surface area contributed by atoms with Crippen LogP contribution in [-0.4, -0.2) is 28.1 Å². The van der Waals surface area contributed by atoms with E-state index in [2.05, 4.69) is 27.0 Å². The lowest BCUT2D eigenvalue weighted by molar-refractivity contribution is 0.0914. The molecule has 0 saturated carbocycles. The third-order valence-electron chi connectivity index (χ3n) is 4.30. The number of hydrogen-bond donors (Lipinski definition) is 1. The van der Waals surface area contributed by atoms with Crippen molar-refractivity contribution in [1.29, 1.82) is 0 Å². The van der Waals surface area contributed by atoms with Crippen LogP contribution in [0, 0.1) is 0 Å². The van der Waals surface area contributed by atoms with Gasteiger partial charge in [0.05, 0.1) is 7.11 Å². The molecule has 1 N–H and O–H groups in total. The van der Waals surface area contributed by atoms with Gasteiger partial charge in [-0.25, -0.2) is 4.98 Å². The summed E-state index contributed by atoms with van der Waals surface area (Å²) in [4.78, 5) is 16.8. The number of amides is 1. The predicted octanol–water partition coefficient (Wildman–Crippen LogP) is 3.15. The van der Waals surface area contributed by atoms with Gasteiger partial charge in [0.1, 0.15) is 17.3 Å². The lowest BCUT2D eigenvalue weighted by atomic mass is 9.91. The van der Waals surface area contributed by atoms with Gasteiger partial charge in [0, 0.05) is 30.6 Å². The highest BCUT2D eigenvalue weighted by Crippen LogP contribution is 2.29. The molecule has 0 saturated heterocycles. The topological polar surface area (TPSA) is 56.1 Å². The summed E-state index contributed by atoms with van der Waals surface area (Å²) in [6.07, 6.45) is 3.81. The number of nitrogens with one attached hydrogen (secondary N) is 1. The fraction of sp³-hybridized carbons (Fsp3) is 0.474. The minimum absolute atomic E-state index is 0.106. The first kappa shape index (κ1) is 16.6. The fourth-order valence-corrected chi connectivity index (χ4v) is 3.11. The van der Waals surface area contributed by atoms with Crippen molar-refractivity contribution in [1.82, 2.24) is 14.9 Å². The van der Waals surface area contributed by atoms with Gasteiger partial charge >= 0.3 is 0 Å². The highest BCUT2D eigenvalue weighted by Gasteiger charge is 2.24. The molecule has 2 aromatic rings. The smallest absolute Gasteiger partial charge is 0.271 e. The standard InChI is InChI=1S/C19H25N3O2/c1-19(2,3)21-18(23)16-12-22-11-14(7-10-17(22)20-16)13-5-8-15(24-4)9-6-13/h5-6,8-9,12,14H,7,10-11H2,1-4H3,(H,21,23). The van der Waals surface area contributed by atoms with Gasteiger partial charge in [-0.2, -0.15) is 0 Å². The molecule has 1 aromatic carbocycles. The number of imidazole rings is 1. The molecule has 0 radical (unpaired) electrons. The van der Waals surface area contributed by atoms with Crippen LogP contribution in [0.25, 0.3) is 0 Å². The van der Waals surface area contributed by atoms with Crippen molar-refractivity contribution >= 4 is 5.91 Å². The molecule has 128 valence electrons. The molecular formula is C19H25N3O2. The Morgan fingerprint density at radius 2 is 2.00 bits per heavy atom. The Hall–Kier alpha value is -2.30. The fourth-order valence-electron chi connectivity index (χ4n) is 3.11. The number of hydrogen-bond acceptors (Lipinski definition) is 3. The van der Waals surface area contributed by atoms with Gasteiger partial charge in [-0.3, -0.25) is 4.79 Å². The molecule has 1 amide bonds. The van der Waals surface area contributed by atoms with E-state index in [1.54, 1.807) is 7.11 Å². The number of carbonyl (C=O) groups is 1. The average molecular weight is 327 g/mol. The van der Waals surface area contributed by atoms with Gasteiger partial charge in [0.25, 0.3) is 5.91 Å². The summed E-state index contributed by atoms with van der Waals surface area (Å²) in [5.74, 6) is 2.21. The molecule has 5 heteroatoms. The van der Waals surface area contributed by atoms with Crippen molar-refractivity contribution in [3.63, 3.8) is 0 Å². The number of fused-ring (bicyclic) bond motifs is 1. The molecule has 3 rings (SSSR count). The number of nitrogens with zero attached hydrogens (tertiary/aromatic N) is 2. The molecule has 5 nitrogen and oxygen atoms in total. The molecular weight excluding hydrogens is 302 g/mol. The predicted molar refractivity (Wildman–Crippen MR) is 93.5 cm³/mol. The first-order valence-corrected chi connectivity index (χ1v) is 8.38. The Morgan fingerprint density at radius 3 is 2.62 bits per heavy atom. The van der Waals surface area contributed by atoms with E-state index in [1.807, 2.05) is 39.1 Å². The van der Waals surface area contributed by atoms with E-state index in [4.69, 9.17) is 4.74 Å². The maximum Gasteiger partial charge on any atom is 0.271 e. The number of benzene rings is 1. The van der Waals surface area contributed by atoms with Gasteiger partial charge in [-0.1, -0.05) is 12.1 Å². The van der Waals surface area contributed by atoms with Crippen LogP contribution < -0.4 is 10.1 Å². The van der Waals surface area contributed by atoms with E-state index in [0.29, 0.717) is 11.6 Å². The van der Waals surface area contributed by atoms with Crippen molar-refractivity contribution in [3.8, 4) is 5.75 Å². The average Bonchev–Trinajstić information content (AvgIpc) is 2.96. The van der Waals surface area contributed by atoms with Crippen LogP contribution in [0.4, 0.5) is 0 Å². The molecule has 0 aliphatic carbocycles. The van der Waals surface area contributed by atoms with E-state index in [-0.39, 0.29) is 11.4 Å². The third kappa shape index (κ3) is 3.61. The molecule has 24 heavy (non-hydrogen) atoms. The van der Waals surface area contributed by atoms with Crippen LogP contribution in [-0.2, 0) is 13.0 Å². The van der Waals surface area contributed by atoms with E-state index >= 15 is 0 Å². The SMILES string of the molecule is COc1ccc(C2CCc3nc(C(=O)NC(C)(C)C)cn3C2)cc1. The molecule has 2 heterocycles. The number of methoxy groups -OCH3 is 1. The summed E-state index contributed by atoms with van der Waals surface area (Å²) in [7, 11) is 1.68. The summed E-state index contributed by atoms with van der Waals surface area (Å²) in [6, 6.07) is 8.25. The first-order valence-electron chi connectivity index (χ1n) is 8.38. The van der Waals surface area contributed by atoms with Crippen molar-refractivity contribution in [3.05, 3.63) is 47.5 Å². The largest absolute Gasteiger partial charge is 0.497 e. The maximum atomic E-state index is 12.3. The van der Waals surface area contributed by atoms with Gasteiger partial charge in [0.2, 0.25) is 0 Å². The molecule has 0 spiro atoms. The summed E-state index contributed by atoms with van der Waals surface area (Å²) < 4.78 is 7.34. The molecule has 0 bridgehead atoms. The summed E-state index contributed by atoms with van der Waals surface area (Å²) >= 11 is 0. The van der Waals surface area contributed by atoms with Crippen molar-refractivity contribution in [2.45, 2.75) is 51.6 Å². The molecule has 1 aliphatic rings. The Labute approximate surface area is 143 Å². The van der Waals surface area contributed by atoms with Crippen LogP contribution in [0.1, 0.15) is 55.0 Å². The van der Waals surface area contributed by atoms with Crippen LogP contribution in [0.15, 0.2) is 30.5 Å². The molecule has 1 atom stereocenters. The number of rotatable bonds is 3. The Kier molecular flexibility index (Phi) is 4.35. The molecule has 1 aliphatic heterocycles. The van der Waals surface area contributed by atoms with Crippen LogP contribution in [0.3, 0.4) is 0 Å². The zero-order valence-electron chi connectivity index (χ0n) is 14.8. The molecule has 1 unspecified atom stereocenters. The second-order valence-electron chi connectivity index (χ2n) is 7.41. The summed E-state index contributed by atoms with van der Waals surface area (Å²) in [6.45, 7) is 6.78. The van der Waals surface area contributed by atoms with E-state index in [9.17, 15) is 4.79 Å². The minimum Gasteiger partial charge on any atom is -0.497 e. The van der Waals surface area contributed by atoms with Gasteiger partial charge in [0.15, 0.2) is 0 Å². The number of carbonyl (C=O) groups excluding carboxylic acids is 1. The Bertz CT molecular complexity index is 726. The number of ether oxygens (including phenoxy) is 1. The first-order chi connectivity index (χ1) is 11.4. The lowest BCUT2D eigenvalue weighted by Crippen LogP contribution is -2.40. The molecule has 0 fully saturated rings. The zero-order valence-corrected chi connectivity index (χ0v) is 14.8. The van der Waals surface area contributed by atoms with Crippen molar-refractivity contribution in [2.24, 2.45) is 0 Å². The highest BCUT2D eigenvalue weighted by atomic mass is 16.5. The van der Waals surface area contributed by atoms with Crippen LogP contribution >= 0.6 is 0 Å². The van der Waals surface area contributed by atoms with E-state index < -0.39 is 0 Å². The zero-order chi connectivity index (χ0) is 17.3. The second kappa shape index (κ2) is 6.30. The lowest BCUT2D eigenvalue weighted by Gasteiger charge is -2.24. The van der Waals surface area contributed by atoms with E-state index in [1.165, 1.54) is 5.56 Å². The summed E-state index contributed by atoms with van der Waals surface area (Å²) in [5.41, 5.74) is 1.55. The van der Waals surface area contributed by atoms with Crippen LogP contribution in [0.2, 0.25) is 0 Å². The van der Waals surface area contributed by atoms with Gasteiger partial charge in [-0.15, -0.1) is 0 Å². The van der Waals surface area contributed by atoms with Crippen LogP contribution in [0.5, 0.6) is 5.75 Å². The van der Waals surface area contributed by atoms with Gasteiger partial charge < -0.3 is 14.6 Å². The van der Waals surface area contributed by atoms with E-state index in [0.717, 1.165) is 31.0 Å². The highest BCUT2D eigenvalue weighted by molar-refractivity contribution is 5.92. The Balaban J connectivity index is 1.75. The normalized spacial score (nSPS) is 17.2. The maximum absolute atomic E-state index is 12.3. The van der Waals surface area contributed by atoms with Crippen molar-refractivity contribution in [2.75, 3.05) is 7.11 Å². The minimum atomic E-state index is -0.257. The molecule has 1 aromatic heterocycles.